The van der Waals surface area contributed by atoms with Crippen LogP contribution in [0.1, 0.15) is 23.2 Å². The van der Waals surface area contributed by atoms with Crippen molar-refractivity contribution in [3.63, 3.8) is 0 Å². The summed E-state index contributed by atoms with van der Waals surface area (Å²) in [5.41, 5.74) is 1.41. The number of aliphatic hydroxyl groups is 1. The summed E-state index contributed by atoms with van der Waals surface area (Å²) in [4.78, 5) is 14.5. The first-order chi connectivity index (χ1) is 14.2. The van der Waals surface area contributed by atoms with Gasteiger partial charge in [-0.3, -0.25) is 4.79 Å². The Kier molecular flexibility index (Phi) is 5.59. The van der Waals surface area contributed by atoms with Crippen LogP contribution in [0.3, 0.4) is 0 Å². The molecule has 4 rings (SSSR count). The molecule has 0 spiro atoms. The molecule has 1 fully saturated rings. The van der Waals surface area contributed by atoms with Crippen LogP contribution in [0.15, 0.2) is 48.5 Å². The maximum Gasteiger partial charge on any atom is 0.258 e. The van der Waals surface area contributed by atoms with Crippen LogP contribution in [0.2, 0.25) is 0 Å². The van der Waals surface area contributed by atoms with Crippen molar-refractivity contribution in [3.8, 4) is 5.75 Å². The normalized spacial score (nSPS) is 16.0. The molecule has 1 aliphatic rings. The van der Waals surface area contributed by atoms with E-state index in [1.807, 2.05) is 30.3 Å². The van der Waals surface area contributed by atoms with Gasteiger partial charge in [-0.05, 0) is 37.1 Å². The van der Waals surface area contributed by atoms with Gasteiger partial charge in [0.25, 0.3) is 5.91 Å². The van der Waals surface area contributed by atoms with Crippen molar-refractivity contribution < 1.29 is 15.0 Å². The minimum atomic E-state index is -0.290. The third-order valence-corrected chi connectivity index (χ3v) is 5.42. The van der Waals surface area contributed by atoms with Crippen molar-refractivity contribution in [2.45, 2.75) is 18.9 Å². The number of phenols is 1. The summed E-state index contributed by atoms with van der Waals surface area (Å²) in [7, 11) is 0. The lowest BCUT2D eigenvalue weighted by molar-refractivity contribution is 0.0674. The van der Waals surface area contributed by atoms with Crippen molar-refractivity contribution in [2.24, 2.45) is 0 Å². The number of aliphatic hydroxyl groups excluding tert-OH is 1. The zero-order valence-electron chi connectivity index (χ0n) is 15.6. The number of benzene rings is 2. The van der Waals surface area contributed by atoms with Gasteiger partial charge in [-0.15, -0.1) is 0 Å². The topological polar surface area (TPSA) is 111 Å². The van der Waals surface area contributed by atoms with E-state index in [0.717, 1.165) is 30.3 Å². The molecule has 1 amide bonds. The summed E-state index contributed by atoms with van der Waals surface area (Å²) in [6.45, 7) is 0.492. The molecule has 2 heterocycles. The molecule has 0 saturated carbocycles. The number of carbonyl (C=O) groups is 1. The van der Waals surface area contributed by atoms with E-state index < -0.39 is 0 Å². The van der Waals surface area contributed by atoms with Crippen LogP contribution in [-0.2, 0) is 0 Å². The first-order valence-electron chi connectivity index (χ1n) is 9.33. The van der Waals surface area contributed by atoms with Crippen molar-refractivity contribution >= 4 is 40.6 Å². The molecule has 1 atom stereocenters. The summed E-state index contributed by atoms with van der Waals surface area (Å²) < 4.78 is 8.49. The van der Waals surface area contributed by atoms with Crippen LogP contribution < -0.4 is 10.6 Å². The summed E-state index contributed by atoms with van der Waals surface area (Å²) >= 11 is 1.04. The molecule has 0 aliphatic carbocycles. The van der Waals surface area contributed by atoms with Gasteiger partial charge in [0.15, 0.2) is 17.4 Å². The number of carbonyl (C=O) groups excluding carboxylic acids is 1. The summed E-state index contributed by atoms with van der Waals surface area (Å²) in [5, 5.41) is 26.4. The van der Waals surface area contributed by atoms with Crippen molar-refractivity contribution in [2.75, 3.05) is 23.8 Å². The Morgan fingerprint density at radius 1 is 1.10 bits per heavy atom. The number of nitrogens with one attached hydrogen (secondary N) is 2. The summed E-state index contributed by atoms with van der Waals surface area (Å²) in [5.74, 6) is 0.534. The van der Waals surface area contributed by atoms with Crippen LogP contribution in [0.5, 0.6) is 5.75 Å². The van der Waals surface area contributed by atoms with Gasteiger partial charge in [-0.25, -0.2) is 0 Å². The molecule has 1 aromatic heterocycles. The maximum absolute atomic E-state index is 12.9. The van der Waals surface area contributed by atoms with E-state index in [-0.39, 0.29) is 29.9 Å². The molecule has 0 bridgehead atoms. The Morgan fingerprint density at radius 3 is 2.62 bits per heavy atom. The van der Waals surface area contributed by atoms with Crippen molar-refractivity contribution in [1.29, 1.82) is 0 Å². The van der Waals surface area contributed by atoms with Gasteiger partial charge in [0, 0.05) is 12.2 Å². The fourth-order valence-electron chi connectivity index (χ4n) is 3.40. The van der Waals surface area contributed by atoms with E-state index in [4.69, 9.17) is 0 Å². The van der Waals surface area contributed by atoms with Crippen LogP contribution in [0.25, 0.3) is 0 Å². The average molecular weight is 411 g/mol. The molecule has 1 saturated heterocycles. The monoisotopic (exact) mass is 411 g/mol. The Balaban J connectivity index is 1.56. The number of aromatic nitrogens is 2. The zero-order valence-corrected chi connectivity index (χ0v) is 16.4. The molecule has 150 valence electrons. The summed E-state index contributed by atoms with van der Waals surface area (Å²) in [6.07, 6.45) is 1.61. The standard InChI is InChI=1S/C20H21N5O3S/c26-12-14-8-5-11-25(14)20(28)15-9-4-10-16(17(15)27)22-19-18(23-29-24-19)21-13-6-2-1-3-7-13/h1-4,6-7,9-10,14,26-27H,5,8,11-12H2,(H,21,23)(H,22,24). The number of aromatic hydroxyl groups is 1. The first kappa shape index (κ1) is 19.2. The molecular formula is C20H21N5O3S. The van der Waals surface area contributed by atoms with Crippen LogP contribution in [0.4, 0.5) is 23.0 Å². The smallest absolute Gasteiger partial charge is 0.258 e. The number of phenolic OH excluding ortho intramolecular Hbond substituents is 1. The van der Waals surface area contributed by atoms with Gasteiger partial charge in [0.1, 0.15) is 0 Å². The van der Waals surface area contributed by atoms with E-state index in [1.165, 1.54) is 0 Å². The third kappa shape index (κ3) is 4.01. The molecule has 29 heavy (non-hydrogen) atoms. The number of anilines is 4. The number of rotatable bonds is 6. The second kappa shape index (κ2) is 8.46. The first-order valence-corrected chi connectivity index (χ1v) is 10.1. The van der Waals surface area contributed by atoms with Crippen LogP contribution >= 0.6 is 11.7 Å². The van der Waals surface area contributed by atoms with E-state index >= 15 is 0 Å². The van der Waals surface area contributed by atoms with Gasteiger partial charge >= 0.3 is 0 Å². The molecule has 3 aromatic rings. The zero-order chi connectivity index (χ0) is 20.2. The van der Waals surface area contributed by atoms with E-state index in [2.05, 4.69) is 19.4 Å². The van der Waals surface area contributed by atoms with Crippen molar-refractivity contribution in [1.82, 2.24) is 13.6 Å². The number of para-hydroxylation sites is 2. The minimum Gasteiger partial charge on any atom is -0.505 e. The predicted molar refractivity (Wildman–Crippen MR) is 112 cm³/mol. The quantitative estimate of drug-likeness (QED) is 0.461. The van der Waals surface area contributed by atoms with E-state index in [0.29, 0.717) is 23.9 Å². The molecule has 2 aromatic carbocycles. The molecule has 0 radical (unpaired) electrons. The summed E-state index contributed by atoms with van der Waals surface area (Å²) in [6, 6.07) is 14.3. The lowest BCUT2D eigenvalue weighted by atomic mass is 10.1. The molecule has 8 nitrogen and oxygen atoms in total. The number of likely N-dealkylation sites (tertiary alicyclic amines) is 1. The third-order valence-electron chi connectivity index (χ3n) is 4.89. The molecular weight excluding hydrogens is 390 g/mol. The fourth-order valence-corrected chi connectivity index (χ4v) is 3.87. The molecule has 1 aliphatic heterocycles. The van der Waals surface area contributed by atoms with Gasteiger partial charge in [-0.2, -0.15) is 8.75 Å². The second-order valence-electron chi connectivity index (χ2n) is 6.76. The lowest BCUT2D eigenvalue weighted by Crippen LogP contribution is -2.37. The lowest BCUT2D eigenvalue weighted by Gasteiger charge is -2.23. The van der Waals surface area contributed by atoms with Gasteiger partial charge < -0.3 is 25.7 Å². The van der Waals surface area contributed by atoms with E-state index in [1.54, 1.807) is 23.1 Å². The maximum atomic E-state index is 12.9. The fraction of sp³-hybridized carbons (Fsp3) is 0.250. The second-order valence-corrected chi connectivity index (χ2v) is 7.28. The Bertz CT molecular complexity index is 995. The Hall–Kier alpha value is -3.17. The minimum absolute atomic E-state index is 0.0799. The average Bonchev–Trinajstić information content (AvgIpc) is 3.39. The largest absolute Gasteiger partial charge is 0.505 e. The Labute approximate surface area is 172 Å². The Morgan fingerprint density at radius 2 is 1.86 bits per heavy atom. The van der Waals surface area contributed by atoms with Gasteiger partial charge in [-0.1, -0.05) is 24.3 Å². The van der Waals surface area contributed by atoms with Crippen LogP contribution in [0, 0.1) is 0 Å². The molecule has 4 N–H and O–H groups in total. The van der Waals surface area contributed by atoms with Crippen LogP contribution in [-0.4, -0.2) is 49.0 Å². The molecule has 9 heteroatoms. The highest BCUT2D eigenvalue weighted by atomic mass is 32.1. The van der Waals surface area contributed by atoms with Gasteiger partial charge in [0.2, 0.25) is 0 Å². The SMILES string of the molecule is O=C(c1cccc(Nc2nsnc2Nc2ccccc2)c1O)N1CCCC1CO. The highest BCUT2D eigenvalue weighted by molar-refractivity contribution is 6.99. The van der Waals surface area contributed by atoms with E-state index in [9.17, 15) is 15.0 Å². The highest BCUT2D eigenvalue weighted by Gasteiger charge is 2.30. The number of hydrogen-bond donors (Lipinski definition) is 4. The van der Waals surface area contributed by atoms with Gasteiger partial charge in [0.05, 0.1) is 35.6 Å². The molecule has 1 unspecified atom stereocenters. The van der Waals surface area contributed by atoms with Crippen molar-refractivity contribution in [3.05, 3.63) is 54.1 Å². The highest BCUT2D eigenvalue weighted by Crippen LogP contribution is 2.34. The number of hydrogen-bond acceptors (Lipinski definition) is 8. The number of nitrogens with zero attached hydrogens (tertiary/aromatic N) is 3. The predicted octanol–water partition coefficient (Wildman–Crippen LogP) is 3.33. The number of amides is 1.